The van der Waals surface area contributed by atoms with Crippen molar-refractivity contribution in [2.24, 2.45) is 0 Å². The van der Waals surface area contributed by atoms with Crippen LogP contribution in [-0.4, -0.2) is 7.05 Å². The molecule has 1 nitrogen and oxygen atoms in total. The van der Waals surface area contributed by atoms with Gasteiger partial charge in [0.05, 0.1) is 0 Å². The summed E-state index contributed by atoms with van der Waals surface area (Å²) in [5, 5.41) is 3.64. The summed E-state index contributed by atoms with van der Waals surface area (Å²) in [6.07, 6.45) is 0.555. The van der Waals surface area contributed by atoms with Crippen LogP contribution in [0.25, 0.3) is 0 Å². The van der Waals surface area contributed by atoms with Crippen LogP contribution in [0.2, 0.25) is 5.02 Å². The zero-order valence-corrected chi connectivity index (χ0v) is 14.7. The first-order chi connectivity index (χ1) is 9.51. The quantitative estimate of drug-likeness (QED) is 0.687. The Morgan fingerprint density at radius 1 is 1.20 bits per heavy atom. The number of likely N-dealkylation sites (N-methyl/N-ethyl adjacent to an activating group) is 1. The van der Waals surface area contributed by atoms with Gasteiger partial charge in [-0.1, -0.05) is 55.6 Å². The normalized spacial score (nSPS) is 12.4. The van der Waals surface area contributed by atoms with Crippen molar-refractivity contribution >= 4 is 43.5 Å². The SMILES string of the molecule is CNC(Cc1ccc(Cl)cc1F)c1ccc(Br)cc1Br. The summed E-state index contributed by atoms with van der Waals surface area (Å²) >= 11 is 12.8. The van der Waals surface area contributed by atoms with Crippen LogP contribution in [0.15, 0.2) is 45.3 Å². The molecule has 0 saturated heterocycles. The molecule has 0 amide bonds. The minimum Gasteiger partial charge on any atom is -0.313 e. The predicted octanol–water partition coefficient (Wildman–Crippen LogP) is 5.51. The molecule has 106 valence electrons. The monoisotopic (exact) mass is 419 g/mol. The van der Waals surface area contributed by atoms with Crippen LogP contribution in [-0.2, 0) is 6.42 Å². The molecular weight excluding hydrogens is 408 g/mol. The van der Waals surface area contributed by atoms with E-state index in [0.717, 1.165) is 14.5 Å². The summed E-state index contributed by atoms with van der Waals surface area (Å²) in [6, 6.07) is 10.8. The first kappa shape index (κ1) is 16.0. The molecule has 0 radical (unpaired) electrons. The van der Waals surface area contributed by atoms with Crippen LogP contribution in [0, 0.1) is 5.82 Å². The Morgan fingerprint density at radius 3 is 2.55 bits per heavy atom. The van der Waals surface area contributed by atoms with Crippen molar-refractivity contribution in [1.82, 2.24) is 5.32 Å². The maximum atomic E-state index is 13.9. The predicted molar refractivity (Wildman–Crippen MR) is 88.8 cm³/mol. The van der Waals surface area contributed by atoms with Gasteiger partial charge < -0.3 is 5.32 Å². The van der Waals surface area contributed by atoms with Gasteiger partial charge in [-0.2, -0.15) is 0 Å². The van der Waals surface area contributed by atoms with Gasteiger partial charge in [-0.25, -0.2) is 4.39 Å². The second-order valence-corrected chi connectivity index (χ2v) is 6.65. The molecular formula is C15H13Br2ClFN. The molecule has 0 aliphatic rings. The van der Waals surface area contributed by atoms with Crippen molar-refractivity contribution in [3.8, 4) is 0 Å². The van der Waals surface area contributed by atoms with Crippen molar-refractivity contribution in [3.63, 3.8) is 0 Å². The van der Waals surface area contributed by atoms with Crippen molar-refractivity contribution < 1.29 is 4.39 Å². The molecule has 0 aromatic heterocycles. The second-order valence-electron chi connectivity index (χ2n) is 4.45. The molecule has 0 bridgehead atoms. The van der Waals surface area contributed by atoms with Crippen LogP contribution in [0.3, 0.4) is 0 Å². The molecule has 1 atom stereocenters. The summed E-state index contributed by atoms with van der Waals surface area (Å²) in [7, 11) is 1.87. The largest absolute Gasteiger partial charge is 0.313 e. The van der Waals surface area contributed by atoms with E-state index in [-0.39, 0.29) is 11.9 Å². The summed E-state index contributed by atoms with van der Waals surface area (Å²) in [4.78, 5) is 0. The van der Waals surface area contributed by atoms with Crippen molar-refractivity contribution in [2.75, 3.05) is 7.05 Å². The molecule has 1 unspecified atom stereocenters. The molecule has 0 aliphatic heterocycles. The molecule has 2 aromatic rings. The molecule has 0 heterocycles. The molecule has 0 spiro atoms. The van der Waals surface area contributed by atoms with E-state index in [2.05, 4.69) is 37.2 Å². The van der Waals surface area contributed by atoms with Crippen molar-refractivity contribution in [2.45, 2.75) is 12.5 Å². The van der Waals surface area contributed by atoms with E-state index in [0.29, 0.717) is 17.0 Å². The standard InChI is InChI=1S/C15H13Br2ClFN/c1-20-15(12-5-3-10(16)7-13(12)17)6-9-2-4-11(18)8-14(9)19/h2-5,7-8,15,20H,6H2,1H3. The number of nitrogens with one attached hydrogen (secondary N) is 1. The van der Waals surface area contributed by atoms with E-state index < -0.39 is 0 Å². The van der Waals surface area contributed by atoms with Crippen LogP contribution in [0.5, 0.6) is 0 Å². The van der Waals surface area contributed by atoms with Crippen LogP contribution < -0.4 is 5.32 Å². The summed E-state index contributed by atoms with van der Waals surface area (Å²) < 4.78 is 15.9. The first-order valence-corrected chi connectivity index (χ1v) is 8.04. The fourth-order valence-corrected chi connectivity index (χ4v) is 3.54. The topological polar surface area (TPSA) is 12.0 Å². The fourth-order valence-electron chi connectivity index (χ4n) is 2.06. The Labute approximate surface area is 139 Å². The van der Waals surface area contributed by atoms with E-state index in [4.69, 9.17) is 11.6 Å². The Morgan fingerprint density at radius 2 is 1.95 bits per heavy atom. The highest BCUT2D eigenvalue weighted by atomic mass is 79.9. The highest BCUT2D eigenvalue weighted by Crippen LogP contribution is 2.29. The summed E-state index contributed by atoms with van der Waals surface area (Å²) in [5.41, 5.74) is 1.73. The number of hydrogen-bond donors (Lipinski definition) is 1. The minimum absolute atomic E-state index is 0.0214. The van der Waals surface area contributed by atoms with Crippen LogP contribution in [0.1, 0.15) is 17.2 Å². The van der Waals surface area contributed by atoms with Gasteiger partial charge in [-0.3, -0.25) is 0 Å². The van der Waals surface area contributed by atoms with Gasteiger partial charge in [-0.05, 0) is 48.9 Å². The van der Waals surface area contributed by atoms with Crippen LogP contribution in [0.4, 0.5) is 4.39 Å². The van der Waals surface area contributed by atoms with E-state index in [1.165, 1.54) is 6.07 Å². The zero-order valence-electron chi connectivity index (χ0n) is 10.8. The molecule has 1 N–H and O–H groups in total. The minimum atomic E-state index is -0.272. The first-order valence-electron chi connectivity index (χ1n) is 6.07. The molecule has 2 aromatic carbocycles. The maximum Gasteiger partial charge on any atom is 0.127 e. The second kappa shape index (κ2) is 7.03. The molecule has 5 heteroatoms. The molecule has 0 saturated carbocycles. The van der Waals surface area contributed by atoms with E-state index in [1.54, 1.807) is 12.1 Å². The molecule has 2 rings (SSSR count). The van der Waals surface area contributed by atoms with Gasteiger partial charge >= 0.3 is 0 Å². The smallest absolute Gasteiger partial charge is 0.127 e. The number of benzene rings is 2. The van der Waals surface area contributed by atoms with E-state index in [1.807, 2.05) is 25.2 Å². The van der Waals surface area contributed by atoms with Crippen molar-refractivity contribution in [3.05, 3.63) is 67.3 Å². The van der Waals surface area contributed by atoms with Gasteiger partial charge in [0.15, 0.2) is 0 Å². The third kappa shape index (κ3) is 3.82. The highest BCUT2D eigenvalue weighted by molar-refractivity contribution is 9.11. The van der Waals surface area contributed by atoms with Gasteiger partial charge in [0.25, 0.3) is 0 Å². The lowest BCUT2D eigenvalue weighted by Crippen LogP contribution is -2.19. The summed E-state index contributed by atoms with van der Waals surface area (Å²) in [6.45, 7) is 0. The highest BCUT2D eigenvalue weighted by Gasteiger charge is 2.15. The van der Waals surface area contributed by atoms with Gasteiger partial charge in [0.2, 0.25) is 0 Å². The fraction of sp³-hybridized carbons (Fsp3) is 0.200. The molecule has 20 heavy (non-hydrogen) atoms. The van der Waals surface area contributed by atoms with Gasteiger partial charge in [0, 0.05) is 20.0 Å². The number of hydrogen-bond acceptors (Lipinski definition) is 1. The number of rotatable bonds is 4. The lowest BCUT2D eigenvalue weighted by molar-refractivity contribution is 0.553. The van der Waals surface area contributed by atoms with Gasteiger partial charge in [0.1, 0.15) is 5.82 Å². The zero-order chi connectivity index (χ0) is 14.7. The average Bonchev–Trinajstić information content (AvgIpc) is 2.39. The molecule has 0 aliphatic carbocycles. The van der Waals surface area contributed by atoms with E-state index in [9.17, 15) is 4.39 Å². The molecule has 0 fully saturated rings. The average molecular weight is 422 g/mol. The third-order valence-corrected chi connectivity index (χ3v) is 4.54. The third-order valence-electron chi connectivity index (χ3n) is 3.13. The van der Waals surface area contributed by atoms with E-state index >= 15 is 0 Å². The Hall–Kier alpha value is -0.420. The van der Waals surface area contributed by atoms with Gasteiger partial charge in [-0.15, -0.1) is 0 Å². The lowest BCUT2D eigenvalue weighted by atomic mass is 9.99. The maximum absolute atomic E-state index is 13.9. The lowest BCUT2D eigenvalue weighted by Gasteiger charge is -2.19. The Balaban J connectivity index is 2.28. The van der Waals surface area contributed by atoms with Crippen LogP contribution >= 0.6 is 43.5 Å². The van der Waals surface area contributed by atoms with Crippen molar-refractivity contribution in [1.29, 1.82) is 0 Å². The summed E-state index contributed by atoms with van der Waals surface area (Å²) in [5.74, 6) is -0.272. The Kier molecular flexibility index (Phi) is 5.61. The number of halogens is 4. The Bertz CT molecular complexity index is 619.